The summed E-state index contributed by atoms with van der Waals surface area (Å²) in [5, 5.41) is 8.83. The zero-order chi connectivity index (χ0) is 10.7. The van der Waals surface area contributed by atoms with Gasteiger partial charge in [-0.15, -0.1) is 0 Å². The van der Waals surface area contributed by atoms with Gasteiger partial charge in [-0.05, 0) is 25.8 Å². The monoisotopic (exact) mass is 197 g/mol. The van der Waals surface area contributed by atoms with Crippen molar-refractivity contribution in [3.8, 4) is 0 Å². The van der Waals surface area contributed by atoms with Gasteiger partial charge in [0, 0.05) is 12.6 Å². The van der Waals surface area contributed by atoms with Gasteiger partial charge in [-0.2, -0.15) is 0 Å². The summed E-state index contributed by atoms with van der Waals surface area (Å²) in [5.41, 5.74) is 0. The minimum absolute atomic E-state index is 0.121. The lowest BCUT2D eigenvalue weighted by molar-refractivity contribution is -0.146. The molecule has 78 valence electrons. The Labute approximate surface area is 83.2 Å². The summed E-state index contributed by atoms with van der Waals surface area (Å²) < 4.78 is 0. The molecule has 0 aliphatic carbocycles. The first-order valence-corrected chi connectivity index (χ1v) is 4.72. The minimum Gasteiger partial charge on any atom is -0.481 e. The zero-order valence-corrected chi connectivity index (χ0v) is 8.27. The molecule has 2 unspecified atom stereocenters. The molecule has 0 saturated carbocycles. The third-order valence-electron chi connectivity index (χ3n) is 2.69. The van der Waals surface area contributed by atoms with E-state index < -0.39 is 11.9 Å². The number of piperidine rings is 1. The van der Waals surface area contributed by atoms with Gasteiger partial charge >= 0.3 is 5.97 Å². The molecule has 0 aromatic carbocycles. The number of hydrogen-bond acceptors (Lipinski definition) is 2. The summed E-state index contributed by atoms with van der Waals surface area (Å²) in [6.45, 7) is 5.64. The Kier molecular flexibility index (Phi) is 3.28. The Balaban J connectivity index is 2.68. The first-order valence-electron chi connectivity index (χ1n) is 4.72. The van der Waals surface area contributed by atoms with Crippen LogP contribution in [0.25, 0.3) is 0 Å². The van der Waals surface area contributed by atoms with Crippen molar-refractivity contribution < 1.29 is 14.7 Å². The Bertz CT molecular complexity index is 262. The van der Waals surface area contributed by atoms with E-state index in [-0.39, 0.29) is 11.9 Å². The summed E-state index contributed by atoms with van der Waals surface area (Å²) in [4.78, 5) is 23.7. The lowest BCUT2D eigenvalue weighted by Gasteiger charge is -2.35. The molecule has 0 bridgehead atoms. The van der Waals surface area contributed by atoms with Crippen LogP contribution in [0.15, 0.2) is 12.7 Å². The van der Waals surface area contributed by atoms with Gasteiger partial charge < -0.3 is 10.0 Å². The normalized spacial score (nSPS) is 27.1. The number of carbonyl (C=O) groups excluding carboxylic acids is 1. The third kappa shape index (κ3) is 2.13. The quantitative estimate of drug-likeness (QED) is 0.669. The van der Waals surface area contributed by atoms with E-state index in [1.165, 1.54) is 6.08 Å². The van der Waals surface area contributed by atoms with Crippen molar-refractivity contribution in [1.29, 1.82) is 0 Å². The molecule has 0 spiro atoms. The number of nitrogens with zero attached hydrogens (tertiary/aromatic N) is 1. The Morgan fingerprint density at radius 2 is 2.14 bits per heavy atom. The van der Waals surface area contributed by atoms with Crippen LogP contribution in [0.1, 0.15) is 19.8 Å². The maximum absolute atomic E-state index is 11.4. The highest BCUT2D eigenvalue weighted by Crippen LogP contribution is 2.22. The lowest BCUT2D eigenvalue weighted by atomic mass is 9.93. The van der Waals surface area contributed by atoms with Gasteiger partial charge in [0.05, 0.1) is 5.92 Å². The van der Waals surface area contributed by atoms with E-state index in [4.69, 9.17) is 5.11 Å². The zero-order valence-electron chi connectivity index (χ0n) is 8.27. The Morgan fingerprint density at radius 1 is 1.50 bits per heavy atom. The van der Waals surface area contributed by atoms with Crippen LogP contribution >= 0.6 is 0 Å². The van der Waals surface area contributed by atoms with Crippen molar-refractivity contribution >= 4 is 11.9 Å². The van der Waals surface area contributed by atoms with E-state index in [0.29, 0.717) is 13.0 Å². The highest BCUT2D eigenvalue weighted by atomic mass is 16.4. The molecule has 0 radical (unpaired) electrons. The van der Waals surface area contributed by atoms with Crippen molar-refractivity contribution in [2.24, 2.45) is 5.92 Å². The molecule has 1 amide bonds. The fraction of sp³-hybridized carbons (Fsp3) is 0.600. The number of aliphatic carboxylic acids is 1. The van der Waals surface area contributed by atoms with Crippen LogP contribution in [-0.4, -0.2) is 34.5 Å². The highest BCUT2D eigenvalue weighted by Gasteiger charge is 2.31. The van der Waals surface area contributed by atoms with Crippen LogP contribution < -0.4 is 0 Å². The van der Waals surface area contributed by atoms with Crippen LogP contribution in [0.2, 0.25) is 0 Å². The smallest absolute Gasteiger partial charge is 0.308 e. The average Bonchev–Trinajstić information content (AvgIpc) is 2.17. The van der Waals surface area contributed by atoms with Crippen LogP contribution in [-0.2, 0) is 9.59 Å². The first-order chi connectivity index (χ1) is 6.56. The van der Waals surface area contributed by atoms with Gasteiger partial charge in [0.25, 0.3) is 0 Å². The van der Waals surface area contributed by atoms with Crippen LogP contribution in [0.4, 0.5) is 0 Å². The molecular weight excluding hydrogens is 182 g/mol. The second-order valence-corrected chi connectivity index (χ2v) is 3.66. The molecule has 4 heteroatoms. The van der Waals surface area contributed by atoms with E-state index >= 15 is 0 Å². The van der Waals surface area contributed by atoms with Gasteiger partial charge in [0.1, 0.15) is 0 Å². The Hall–Kier alpha value is -1.32. The lowest BCUT2D eigenvalue weighted by Crippen LogP contribution is -2.46. The van der Waals surface area contributed by atoms with E-state index in [1.807, 2.05) is 6.92 Å². The average molecular weight is 197 g/mol. The largest absolute Gasteiger partial charge is 0.481 e. The molecule has 1 heterocycles. The van der Waals surface area contributed by atoms with E-state index in [0.717, 1.165) is 6.42 Å². The molecule has 0 aromatic rings. The maximum Gasteiger partial charge on any atom is 0.308 e. The third-order valence-corrected chi connectivity index (χ3v) is 2.69. The second-order valence-electron chi connectivity index (χ2n) is 3.66. The van der Waals surface area contributed by atoms with Crippen molar-refractivity contribution in [2.45, 2.75) is 25.8 Å². The number of likely N-dealkylation sites (tertiary alicyclic amines) is 1. The number of carboxylic acids is 1. The number of amides is 1. The summed E-state index contributed by atoms with van der Waals surface area (Å²) in [6.07, 6.45) is 2.63. The molecule has 2 atom stereocenters. The van der Waals surface area contributed by atoms with Crippen molar-refractivity contribution in [3.63, 3.8) is 0 Å². The fourth-order valence-corrected chi connectivity index (χ4v) is 1.73. The molecule has 1 aliphatic heterocycles. The molecule has 1 aliphatic rings. The summed E-state index contributed by atoms with van der Waals surface area (Å²) >= 11 is 0. The van der Waals surface area contributed by atoms with E-state index in [9.17, 15) is 9.59 Å². The van der Waals surface area contributed by atoms with Gasteiger partial charge in [0.15, 0.2) is 0 Å². The molecular formula is C10H15NO3. The van der Waals surface area contributed by atoms with Gasteiger partial charge in [-0.3, -0.25) is 9.59 Å². The number of rotatable bonds is 2. The van der Waals surface area contributed by atoms with Crippen molar-refractivity contribution in [2.75, 3.05) is 6.54 Å². The van der Waals surface area contributed by atoms with E-state index in [2.05, 4.69) is 6.58 Å². The number of carboxylic acid groups (broad SMARTS) is 1. The SMILES string of the molecule is C=CC(=O)N1CC(C(=O)O)CCC1C. The van der Waals surface area contributed by atoms with E-state index in [1.54, 1.807) is 4.90 Å². The van der Waals surface area contributed by atoms with Crippen molar-refractivity contribution in [1.82, 2.24) is 4.90 Å². The maximum atomic E-state index is 11.4. The summed E-state index contributed by atoms with van der Waals surface area (Å²) in [5.74, 6) is -1.42. The van der Waals surface area contributed by atoms with Crippen molar-refractivity contribution in [3.05, 3.63) is 12.7 Å². The van der Waals surface area contributed by atoms with Gasteiger partial charge in [-0.25, -0.2) is 0 Å². The first kappa shape index (κ1) is 10.8. The van der Waals surface area contributed by atoms with Gasteiger partial charge in [0.2, 0.25) is 5.91 Å². The number of hydrogen-bond donors (Lipinski definition) is 1. The van der Waals surface area contributed by atoms with Crippen LogP contribution in [0.5, 0.6) is 0 Å². The fourth-order valence-electron chi connectivity index (χ4n) is 1.73. The predicted molar refractivity (Wildman–Crippen MR) is 51.7 cm³/mol. The summed E-state index contributed by atoms with van der Waals surface area (Å²) in [6, 6.07) is 0.121. The van der Waals surface area contributed by atoms with Crippen LogP contribution in [0, 0.1) is 5.92 Å². The molecule has 4 nitrogen and oxygen atoms in total. The Morgan fingerprint density at radius 3 is 2.64 bits per heavy atom. The minimum atomic E-state index is -0.821. The van der Waals surface area contributed by atoms with Gasteiger partial charge in [-0.1, -0.05) is 6.58 Å². The predicted octanol–water partition coefficient (Wildman–Crippen LogP) is 0.884. The molecule has 1 fully saturated rings. The van der Waals surface area contributed by atoms with Crippen LogP contribution in [0.3, 0.4) is 0 Å². The molecule has 0 aromatic heterocycles. The number of carbonyl (C=O) groups is 2. The standard InChI is InChI=1S/C10H15NO3/c1-3-9(12)11-6-8(10(13)14)5-4-7(11)2/h3,7-8H,1,4-6H2,2H3,(H,13,14). The summed E-state index contributed by atoms with van der Waals surface area (Å²) in [7, 11) is 0. The molecule has 14 heavy (non-hydrogen) atoms. The molecule has 1 saturated heterocycles. The highest BCUT2D eigenvalue weighted by molar-refractivity contribution is 5.87. The molecule has 1 N–H and O–H groups in total. The topological polar surface area (TPSA) is 57.6 Å². The second kappa shape index (κ2) is 4.26. The molecule has 1 rings (SSSR count).